The summed E-state index contributed by atoms with van der Waals surface area (Å²) in [6, 6.07) is 10.6. The molecular weight excluding hydrogens is 516 g/mol. The van der Waals surface area contributed by atoms with E-state index in [0.717, 1.165) is 17.7 Å². The zero-order valence-electron chi connectivity index (χ0n) is 16.4. The highest BCUT2D eigenvalue weighted by Crippen LogP contribution is 2.39. The topological polar surface area (TPSA) is 21.3 Å². The Morgan fingerprint density at radius 3 is 2.20 bits per heavy atom. The molecule has 0 radical (unpaired) electrons. The summed E-state index contributed by atoms with van der Waals surface area (Å²) >= 11 is 2.18. The number of hydrogen-bond acceptors (Lipinski definition) is 2. The summed E-state index contributed by atoms with van der Waals surface area (Å²) < 4.78 is 70.8. The van der Waals surface area contributed by atoms with Crippen molar-refractivity contribution in [3.8, 4) is 5.75 Å². The first-order chi connectivity index (χ1) is 14.2. The summed E-state index contributed by atoms with van der Waals surface area (Å²) in [6.07, 6.45) is -4.11. The van der Waals surface area contributed by atoms with Crippen molar-refractivity contribution in [3.63, 3.8) is 0 Å². The van der Waals surface area contributed by atoms with E-state index in [4.69, 9.17) is 0 Å². The highest BCUT2D eigenvalue weighted by molar-refractivity contribution is 14.1. The highest BCUT2D eigenvalue weighted by atomic mass is 127. The molecule has 3 rings (SSSR count). The van der Waals surface area contributed by atoms with Crippen LogP contribution in [0.5, 0.6) is 5.75 Å². The molecule has 1 aliphatic heterocycles. The third kappa shape index (κ3) is 5.96. The second-order valence-electron chi connectivity index (χ2n) is 6.21. The molecular formula is C22H21F5INO. The lowest BCUT2D eigenvalue weighted by atomic mass is 9.91. The van der Waals surface area contributed by atoms with Crippen LogP contribution in [0, 0.1) is 11.6 Å². The highest BCUT2D eigenvalue weighted by Gasteiger charge is 2.30. The monoisotopic (exact) mass is 537 g/mol. The van der Waals surface area contributed by atoms with Crippen LogP contribution in [0.2, 0.25) is 0 Å². The van der Waals surface area contributed by atoms with Crippen LogP contribution in [0.3, 0.4) is 0 Å². The smallest absolute Gasteiger partial charge is 0.422 e. The van der Waals surface area contributed by atoms with Gasteiger partial charge < -0.3 is 10.1 Å². The lowest BCUT2D eigenvalue weighted by molar-refractivity contribution is -0.153. The van der Waals surface area contributed by atoms with Crippen molar-refractivity contribution in [2.24, 2.45) is 0 Å². The van der Waals surface area contributed by atoms with E-state index in [1.807, 2.05) is 44.2 Å². The van der Waals surface area contributed by atoms with Crippen LogP contribution in [-0.4, -0.2) is 16.7 Å². The molecule has 1 unspecified atom stereocenters. The fraction of sp³-hybridized carbons (Fsp3) is 0.273. The first-order valence-corrected chi connectivity index (χ1v) is 10.5. The van der Waals surface area contributed by atoms with E-state index in [1.54, 1.807) is 0 Å². The second-order valence-corrected chi connectivity index (χ2v) is 7.71. The zero-order chi connectivity index (χ0) is 22.5. The van der Waals surface area contributed by atoms with Gasteiger partial charge in [-0.25, -0.2) is 8.78 Å². The third-order valence-electron chi connectivity index (χ3n) is 4.14. The lowest BCUT2D eigenvalue weighted by Gasteiger charge is -2.29. The Labute approximate surface area is 186 Å². The summed E-state index contributed by atoms with van der Waals surface area (Å²) in [4.78, 5) is 0. The van der Waals surface area contributed by atoms with Crippen molar-refractivity contribution in [3.05, 3.63) is 77.5 Å². The van der Waals surface area contributed by atoms with Crippen molar-refractivity contribution in [1.29, 1.82) is 0 Å². The molecule has 0 spiro atoms. The van der Waals surface area contributed by atoms with E-state index >= 15 is 0 Å². The summed E-state index contributed by atoms with van der Waals surface area (Å²) in [5.41, 5.74) is 1.92. The van der Waals surface area contributed by atoms with E-state index in [2.05, 4.69) is 39.2 Å². The molecule has 162 valence electrons. The number of halogens is 6. The van der Waals surface area contributed by atoms with E-state index in [1.165, 1.54) is 0 Å². The Hall–Kier alpha value is -2.10. The van der Waals surface area contributed by atoms with Gasteiger partial charge in [-0.3, -0.25) is 0 Å². The Balaban J connectivity index is 0.00000155. The largest absolute Gasteiger partial charge is 0.484 e. The van der Waals surface area contributed by atoms with Crippen molar-refractivity contribution in [2.45, 2.75) is 30.4 Å². The maximum absolute atomic E-state index is 14.7. The number of alkyl halides is 4. The minimum absolute atomic E-state index is 0.0112. The van der Waals surface area contributed by atoms with E-state index in [0.29, 0.717) is 17.7 Å². The van der Waals surface area contributed by atoms with Gasteiger partial charge in [0.25, 0.3) is 0 Å². The third-order valence-corrected chi connectivity index (χ3v) is 5.33. The molecule has 0 bridgehead atoms. The van der Waals surface area contributed by atoms with Gasteiger partial charge in [-0.2, -0.15) is 13.2 Å². The Bertz CT molecular complexity index is 902. The molecule has 1 aliphatic rings. The van der Waals surface area contributed by atoms with Gasteiger partial charge in [-0.1, -0.05) is 73.3 Å². The van der Waals surface area contributed by atoms with Crippen LogP contribution >= 0.6 is 22.6 Å². The van der Waals surface area contributed by atoms with Gasteiger partial charge in [0.1, 0.15) is 17.4 Å². The Kier molecular flexibility index (Phi) is 8.28. The van der Waals surface area contributed by atoms with Crippen LogP contribution in [0.25, 0.3) is 11.3 Å². The van der Waals surface area contributed by atoms with Crippen LogP contribution in [0.15, 0.2) is 54.7 Å². The summed E-state index contributed by atoms with van der Waals surface area (Å²) in [6.45, 7) is 6.25. The van der Waals surface area contributed by atoms with Crippen LogP contribution in [-0.2, 0) is 0 Å². The summed E-state index contributed by atoms with van der Waals surface area (Å²) in [7, 11) is 0. The van der Waals surface area contributed by atoms with Gasteiger partial charge in [0.05, 0.1) is 15.2 Å². The minimum Gasteiger partial charge on any atom is -0.484 e. The molecule has 2 nitrogen and oxygen atoms in total. The van der Waals surface area contributed by atoms with Gasteiger partial charge >= 0.3 is 6.18 Å². The van der Waals surface area contributed by atoms with E-state index in [-0.39, 0.29) is 15.2 Å². The molecule has 0 aromatic heterocycles. The fourth-order valence-corrected chi connectivity index (χ4v) is 3.47. The molecule has 2 aromatic rings. The molecule has 8 heteroatoms. The summed E-state index contributed by atoms with van der Waals surface area (Å²) in [5, 5.41) is 2.97. The predicted octanol–water partition coefficient (Wildman–Crippen LogP) is 7.11. The van der Waals surface area contributed by atoms with E-state index < -0.39 is 30.2 Å². The number of rotatable bonds is 4. The number of allylic oxidation sites excluding steroid dienone is 2. The van der Waals surface area contributed by atoms with Gasteiger partial charge in [0.2, 0.25) is 0 Å². The molecule has 1 heterocycles. The first-order valence-electron chi connectivity index (χ1n) is 9.23. The molecule has 0 saturated heterocycles. The Morgan fingerprint density at radius 2 is 1.67 bits per heavy atom. The number of hydrogen-bond donors (Lipinski definition) is 1. The molecule has 0 fully saturated rings. The minimum atomic E-state index is -4.60. The SMILES string of the molecule is C=C1NC(c2c(F)cc(OCC(F)(F)F)cc2F)=C(c2ccccc2)CC1I.CC. The van der Waals surface area contributed by atoms with Gasteiger partial charge in [0, 0.05) is 17.8 Å². The lowest BCUT2D eigenvalue weighted by Crippen LogP contribution is -2.26. The molecule has 2 aromatic carbocycles. The molecule has 0 amide bonds. The van der Waals surface area contributed by atoms with Crippen molar-refractivity contribution in [2.75, 3.05) is 6.61 Å². The van der Waals surface area contributed by atoms with Crippen LogP contribution in [0.4, 0.5) is 22.0 Å². The van der Waals surface area contributed by atoms with Crippen molar-refractivity contribution in [1.82, 2.24) is 5.32 Å². The number of ether oxygens (including phenoxy) is 1. The normalized spacial score (nSPS) is 16.5. The number of benzene rings is 2. The zero-order valence-corrected chi connectivity index (χ0v) is 18.6. The molecule has 1 atom stereocenters. The van der Waals surface area contributed by atoms with Crippen LogP contribution in [0.1, 0.15) is 31.4 Å². The maximum Gasteiger partial charge on any atom is 0.422 e. The first kappa shape index (κ1) is 24.2. The second kappa shape index (κ2) is 10.3. The average molecular weight is 537 g/mol. The van der Waals surface area contributed by atoms with Crippen molar-refractivity contribution >= 4 is 33.9 Å². The standard InChI is InChI=1S/C20H15F5INO.C2H6/c1-11-17(26)9-14(12-5-3-2-4-6-12)19(27-11)18-15(21)7-13(8-16(18)22)28-10-20(23,24)25;1-2/h2-8,17,27H,1,9-10H2;1-2H3. The number of nitrogens with one attached hydrogen (secondary N) is 1. The van der Waals surface area contributed by atoms with Crippen LogP contribution < -0.4 is 10.1 Å². The molecule has 0 saturated carbocycles. The average Bonchev–Trinajstić information content (AvgIpc) is 2.70. The summed E-state index contributed by atoms with van der Waals surface area (Å²) in [5.74, 6) is -2.57. The Morgan fingerprint density at radius 1 is 1.10 bits per heavy atom. The van der Waals surface area contributed by atoms with Crippen molar-refractivity contribution < 1.29 is 26.7 Å². The molecule has 0 aliphatic carbocycles. The van der Waals surface area contributed by atoms with Gasteiger partial charge in [-0.15, -0.1) is 0 Å². The quantitative estimate of drug-likeness (QED) is 0.255. The molecule has 30 heavy (non-hydrogen) atoms. The van der Waals surface area contributed by atoms with Gasteiger partial charge in [0.15, 0.2) is 6.61 Å². The molecule has 1 N–H and O–H groups in total. The van der Waals surface area contributed by atoms with E-state index in [9.17, 15) is 22.0 Å². The maximum atomic E-state index is 14.7. The fourth-order valence-electron chi connectivity index (χ4n) is 2.87. The van der Waals surface area contributed by atoms with Gasteiger partial charge in [-0.05, 0) is 17.6 Å². The predicted molar refractivity (Wildman–Crippen MR) is 117 cm³/mol.